The maximum absolute atomic E-state index is 8.00. The summed E-state index contributed by atoms with van der Waals surface area (Å²) in [4.78, 5) is 8.00. The van der Waals surface area contributed by atoms with Crippen molar-refractivity contribution >= 4 is 16.2 Å². The van der Waals surface area contributed by atoms with Crippen molar-refractivity contribution in [2.45, 2.75) is 26.0 Å². The van der Waals surface area contributed by atoms with E-state index in [0.29, 0.717) is 0 Å². The fraction of sp³-hybridized carbons (Fsp3) is 0.462. The molecule has 0 aliphatic rings. The van der Waals surface area contributed by atoms with Crippen LogP contribution < -0.4 is 0 Å². The van der Waals surface area contributed by atoms with E-state index in [9.17, 15) is 0 Å². The first-order chi connectivity index (χ1) is 8.06. The summed E-state index contributed by atoms with van der Waals surface area (Å²) < 4.78 is 7.53. The highest BCUT2D eigenvalue weighted by Crippen LogP contribution is 2.19. The number of carbonyl (C=O) groups excluding carboxylic acids is 1. The lowest BCUT2D eigenvalue weighted by atomic mass is 10.1. The highest BCUT2D eigenvalue weighted by molar-refractivity contribution is 7.13. The second-order valence-corrected chi connectivity index (χ2v) is 4.70. The van der Waals surface area contributed by atoms with E-state index in [-0.39, 0.29) is 5.72 Å². The summed E-state index contributed by atoms with van der Waals surface area (Å²) in [5, 5.41) is 0. The largest absolute Gasteiger partial charge is 0.364 e. The number of rotatable bonds is 5. The summed E-state index contributed by atoms with van der Waals surface area (Å²) in [6.45, 7) is 7.09. The molecular formula is C13H22NO2P. The molecule has 1 atom stereocenters. The fourth-order valence-electron chi connectivity index (χ4n) is 1.28. The Labute approximate surface area is 106 Å². The van der Waals surface area contributed by atoms with Crippen LogP contribution in [0.5, 0.6) is 0 Å². The average molecular weight is 255 g/mol. The molecule has 0 bridgehead atoms. The van der Waals surface area contributed by atoms with Gasteiger partial charge in [-0.15, -0.1) is 0 Å². The number of benzene rings is 1. The van der Waals surface area contributed by atoms with Gasteiger partial charge in [-0.25, -0.2) is 0 Å². The van der Waals surface area contributed by atoms with E-state index >= 15 is 0 Å². The number of carbonyl (C=O) groups is 1. The number of hydrogen-bond donors (Lipinski definition) is 0. The van der Waals surface area contributed by atoms with E-state index in [1.54, 1.807) is 7.11 Å². The summed E-state index contributed by atoms with van der Waals surface area (Å²) in [6, 6.07) is 10.5. The average Bonchev–Trinajstić information content (AvgIpc) is 2.39. The molecule has 0 aliphatic carbocycles. The minimum absolute atomic E-state index is 0.223. The molecule has 0 fully saturated rings. The zero-order chi connectivity index (χ0) is 13.3. The predicted octanol–water partition coefficient (Wildman–Crippen LogP) is 2.52. The molecule has 0 heterocycles. The van der Waals surface area contributed by atoms with E-state index in [2.05, 4.69) is 52.2 Å². The second kappa shape index (κ2) is 8.35. The molecule has 0 aliphatic heterocycles. The maximum Gasteiger partial charge on any atom is 0.118 e. The van der Waals surface area contributed by atoms with Gasteiger partial charge in [0.2, 0.25) is 0 Å². The van der Waals surface area contributed by atoms with Crippen molar-refractivity contribution in [3.63, 3.8) is 0 Å². The molecule has 1 unspecified atom stereocenters. The lowest BCUT2D eigenvalue weighted by Gasteiger charge is -2.33. The zero-order valence-corrected chi connectivity index (χ0v) is 12.0. The number of hydrogen-bond acceptors (Lipinski definition) is 3. The van der Waals surface area contributed by atoms with Crippen LogP contribution in [0.25, 0.3) is 0 Å². The molecule has 1 rings (SSSR count). The van der Waals surface area contributed by atoms with Crippen molar-refractivity contribution in [2.24, 2.45) is 0 Å². The van der Waals surface area contributed by atoms with E-state index in [4.69, 9.17) is 9.53 Å². The zero-order valence-electron chi connectivity index (χ0n) is 10.8. The van der Waals surface area contributed by atoms with Gasteiger partial charge in [0.1, 0.15) is 12.5 Å². The monoisotopic (exact) mass is 255 g/mol. The van der Waals surface area contributed by atoms with Crippen molar-refractivity contribution in [3.8, 4) is 0 Å². The van der Waals surface area contributed by atoms with E-state index in [1.807, 2.05) is 12.9 Å². The lowest BCUT2D eigenvalue weighted by Crippen LogP contribution is -2.39. The summed E-state index contributed by atoms with van der Waals surface area (Å²) in [6.07, 6.45) is 1.04. The Kier molecular flexibility index (Phi) is 7.98. The van der Waals surface area contributed by atoms with Gasteiger partial charge in [0.15, 0.2) is 0 Å². The molecule has 3 nitrogen and oxygen atoms in total. The Morgan fingerprint density at radius 2 is 1.82 bits per heavy atom. The smallest absolute Gasteiger partial charge is 0.118 e. The van der Waals surface area contributed by atoms with Crippen LogP contribution in [0, 0.1) is 0 Å². The standard InChI is InChI=1S/C12H20NOP.CH2O/c1-12(2,14-3)13(15)10-9-11-7-5-4-6-8-11;1-2/h4-8H,9-10,15H2,1-3H3;1H2. The minimum atomic E-state index is -0.223. The molecule has 1 aromatic rings. The highest BCUT2D eigenvalue weighted by atomic mass is 31.0. The van der Waals surface area contributed by atoms with Crippen LogP contribution in [0.3, 0.4) is 0 Å². The van der Waals surface area contributed by atoms with Crippen LogP contribution in [0.4, 0.5) is 0 Å². The highest BCUT2D eigenvalue weighted by Gasteiger charge is 2.21. The van der Waals surface area contributed by atoms with Gasteiger partial charge in [-0.2, -0.15) is 0 Å². The number of methoxy groups -OCH3 is 1. The summed E-state index contributed by atoms with van der Waals surface area (Å²) in [5.41, 5.74) is 1.14. The van der Waals surface area contributed by atoms with Crippen molar-refractivity contribution in [2.75, 3.05) is 13.7 Å². The molecule has 0 radical (unpaired) electrons. The molecule has 0 spiro atoms. The van der Waals surface area contributed by atoms with Gasteiger partial charge in [0.05, 0.1) is 0 Å². The Balaban J connectivity index is 0.00000121. The van der Waals surface area contributed by atoms with Gasteiger partial charge >= 0.3 is 0 Å². The third-order valence-corrected chi connectivity index (χ3v) is 3.56. The third kappa shape index (κ3) is 5.92. The third-order valence-electron chi connectivity index (χ3n) is 2.68. The first-order valence-corrected chi connectivity index (χ1v) is 5.98. The van der Waals surface area contributed by atoms with Gasteiger partial charge < -0.3 is 9.53 Å². The van der Waals surface area contributed by atoms with Crippen molar-refractivity contribution in [1.82, 2.24) is 4.67 Å². The van der Waals surface area contributed by atoms with Gasteiger partial charge in [-0.3, -0.25) is 4.67 Å². The van der Waals surface area contributed by atoms with Gasteiger partial charge in [0.25, 0.3) is 0 Å². The summed E-state index contributed by atoms with van der Waals surface area (Å²) in [7, 11) is 4.46. The molecule has 17 heavy (non-hydrogen) atoms. The minimum Gasteiger partial charge on any atom is -0.364 e. The molecule has 1 aromatic carbocycles. The van der Waals surface area contributed by atoms with Crippen molar-refractivity contribution in [1.29, 1.82) is 0 Å². The van der Waals surface area contributed by atoms with Crippen molar-refractivity contribution < 1.29 is 9.53 Å². The Hall–Kier alpha value is -0.760. The molecule has 0 aromatic heterocycles. The van der Waals surface area contributed by atoms with E-state index < -0.39 is 0 Å². The Morgan fingerprint density at radius 3 is 2.29 bits per heavy atom. The first-order valence-electron chi connectivity index (χ1n) is 5.46. The van der Waals surface area contributed by atoms with Crippen LogP contribution in [0.15, 0.2) is 30.3 Å². The topological polar surface area (TPSA) is 29.5 Å². The summed E-state index contributed by atoms with van der Waals surface area (Å²) in [5.74, 6) is 0. The Morgan fingerprint density at radius 1 is 1.29 bits per heavy atom. The predicted molar refractivity (Wildman–Crippen MR) is 74.8 cm³/mol. The molecule has 4 heteroatoms. The van der Waals surface area contributed by atoms with Crippen molar-refractivity contribution in [3.05, 3.63) is 35.9 Å². The van der Waals surface area contributed by atoms with Gasteiger partial charge in [0, 0.05) is 13.7 Å². The van der Waals surface area contributed by atoms with Crippen LogP contribution in [-0.4, -0.2) is 30.8 Å². The van der Waals surface area contributed by atoms with E-state index in [0.717, 1.165) is 13.0 Å². The molecule has 0 amide bonds. The lowest BCUT2D eigenvalue weighted by molar-refractivity contribution is -0.0980. The second-order valence-electron chi connectivity index (χ2n) is 4.08. The molecule has 0 saturated carbocycles. The molecule has 96 valence electrons. The fourth-order valence-corrected chi connectivity index (χ4v) is 1.52. The first kappa shape index (κ1) is 16.2. The van der Waals surface area contributed by atoms with E-state index in [1.165, 1.54) is 5.56 Å². The molecule has 0 saturated heterocycles. The molecule has 0 N–H and O–H groups in total. The normalized spacial score (nSPS) is 10.9. The quantitative estimate of drug-likeness (QED) is 0.598. The van der Waals surface area contributed by atoms with Crippen LogP contribution in [0.2, 0.25) is 0 Å². The van der Waals surface area contributed by atoms with Crippen LogP contribution in [-0.2, 0) is 16.0 Å². The number of ether oxygens (including phenoxy) is 1. The maximum atomic E-state index is 8.00. The molecular weight excluding hydrogens is 233 g/mol. The van der Waals surface area contributed by atoms with Gasteiger partial charge in [-0.1, -0.05) is 39.7 Å². The number of nitrogens with zero attached hydrogens (tertiary/aromatic N) is 1. The van der Waals surface area contributed by atoms with Crippen LogP contribution >= 0.6 is 9.39 Å². The summed E-state index contributed by atoms with van der Waals surface area (Å²) >= 11 is 0. The van der Waals surface area contributed by atoms with Crippen LogP contribution in [0.1, 0.15) is 19.4 Å². The Bertz CT molecular complexity index is 304. The van der Waals surface area contributed by atoms with Gasteiger partial charge in [-0.05, 0) is 25.8 Å². The SMILES string of the molecule is C=O.COC(C)(C)N(P)CCc1ccccc1.